The van der Waals surface area contributed by atoms with Gasteiger partial charge in [-0.15, -0.1) is 0 Å². The van der Waals surface area contributed by atoms with E-state index in [9.17, 15) is 32.7 Å². The monoisotopic (exact) mass is 824 g/mol. The first-order chi connectivity index (χ1) is 26.6. The number of aryl methyl sites for hydroxylation is 1. The van der Waals surface area contributed by atoms with E-state index in [0.717, 1.165) is 10.5 Å². The number of carbonyl (C=O) groups is 4. The fourth-order valence-corrected chi connectivity index (χ4v) is 9.52. The van der Waals surface area contributed by atoms with Gasteiger partial charge in [0, 0.05) is 22.2 Å². The number of imide groups is 2. The Morgan fingerprint density at radius 1 is 0.911 bits per heavy atom. The van der Waals surface area contributed by atoms with E-state index in [4.69, 9.17) is 39.5 Å². The number of carbonyl (C=O) groups excluding carboxylic acids is 4. The Morgan fingerprint density at radius 3 is 2.30 bits per heavy atom. The lowest BCUT2D eigenvalue weighted by molar-refractivity contribution is -0.139. The molecule has 0 unspecified atom stereocenters. The van der Waals surface area contributed by atoms with E-state index in [1.165, 1.54) is 13.2 Å². The van der Waals surface area contributed by atoms with Crippen LogP contribution in [-0.2, 0) is 30.8 Å². The molecule has 56 heavy (non-hydrogen) atoms. The van der Waals surface area contributed by atoms with Gasteiger partial charge in [-0.1, -0.05) is 70.7 Å². The number of halogens is 6. The number of nitrogens with one attached hydrogen (secondary N) is 1. The molecule has 2 saturated heterocycles. The molecule has 10 nitrogen and oxygen atoms in total. The van der Waals surface area contributed by atoms with Gasteiger partial charge in [-0.3, -0.25) is 24.6 Å². The van der Waals surface area contributed by atoms with Crippen LogP contribution in [-0.4, -0.2) is 45.8 Å². The summed E-state index contributed by atoms with van der Waals surface area (Å²) in [5, 5.41) is 11.6. The number of methoxy groups -OCH3 is 1. The van der Waals surface area contributed by atoms with Crippen LogP contribution in [0.1, 0.15) is 41.0 Å². The van der Waals surface area contributed by atoms with Crippen LogP contribution in [0.25, 0.3) is 0 Å². The highest BCUT2D eigenvalue weighted by Crippen LogP contribution is 2.64. The minimum Gasteiger partial charge on any atom is -0.504 e. The number of hydrazine groups is 1. The van der Waals surface area contributed by atoms with Crippen LogP contribution in [0.3, 0.4) is 0 Å². The van der Waals surface area contributed by atoms with E-state index in [1.54, 1.807) is 61.5 Å². The molecule has 3 fully saturated rings. The largest absolute Gasteiger partial charge is 0.504 e. The van der Waals surface area contributed by atoms with E-state index in [1.807, 2.05) is 6.08 Å². The lowest BCUT2D eigenvalue weighted by atomic mass is 9.49. The maximum Gasteiger partial charge on any atom is 0.417 e. The van der Waals surface area contributed by atoms with Crippen molar-refractivity contribution in [1.29, 1.82) is 0 Å². The zero-order chi connectivity index (χ0) is 40.0. The minimum absolute atomic E-state index is 0.0697. The van der Waals surface area contributed by atoms with Gasteiger partial charge in [0.1, 0.15) is 0 Å². The summed E-state index contributed by atoms with van der Waals surface area (Å²) in [6, 6.07) is 16.5. The Morgan fingerprint density at radius 2 is 1.64 bits per heavy atom. The molecule has 2 aliphatic carbocycles. The molecule has 0 spiro atoms. The summed E-state index contributed by atoms with van der Waals surface area (Å²) in [6.07, 6.45) is -2.31. The average Bonchev–Trinajstić information content (AvgIpc) is 3.54. The van der Waals surface area contributed by atoms with E-state index < -0.39 is 75.4 Å². The molecule has 0 bridgehead atoms. The topological polar surface area (TPSA) is 129 Å². The van der Waals surface area contributed by atoms with Gasteiger partial charge in [-0.05, 0) is 84.8 Å². The highest BCUT2D eigenvalue weighted by Gasteiger charge is 2.70. The highest BCUT2D eigenvalue weighted by molar-refractivity contribution is 6.33. The number of hydrogen-bond acceptors (Lipinski definition) is 8. The second-order valence-electron chi connectivity index (χ2n) is 14.3. The first-order valence-corrected chi connectivity index (χ1v) is 18.6. The third-order valence-corrected chi connectivity index (χ3v) is 12.5. The van der Waals surface area contributed by atoms with E-state index in [2.05, 4.69) is 10.4 Å². The van der Waals surface area contributed by atoms with Crippen LogP contribution in [0.5, 0.6) is 11.5 Å². The number of phenolic OH excluding ortho intramolecular Hbond substituents is 1. The molecular weight excluding hydrogens is 796 g/mol. The first kappa shape index (κ1) is 37.8. The van der Waals surface area contributed by atoms with Crippen LogP contribution >= 0.6 is 34.8 Å². The predicted octanol–water partition coefficient (Wildman–Crippen LogP) is 8.27. The molecule has 3 aromatic carbocycles. The number of aromatic hydroxyl groups is 1. The van der Waals surface area contributed by atoms with Crippen LogP contribution in [0.2, 0.25) is 15.1 Å². The van der Waals surface area contributed by atoms with Crippen molar-refractivity contribution in [3.63, 3.8) is 0 Å². The Hall–Kier alpha value is -5.11. The number of aromatic nitrogens is 1. The van der Waals surface area contributed by atoms with Gasteiger partial charge in [0.05, 0.1) is 46.6 Å². The van der Waals surface area contributed by atoms with E-state index in [0.29, 0.717) is 49.7 Å². The van der Waals surface area contributed by atoms with Gasteiger partial charge in [0.25, 0.3) is 11.8 Å². The smallest absolute Gasteiger partial charge is 0.417 e. The van der Waals surface area contributed by atoms with Gasteiger partial charge in [0.15, 0.2) is 17.3 Å². The fourth-order valence-electron chi connectivity index (χ4n) is 9.01. The van der Waals surface area contributed by atoms with Gasteiger partial charge in [-0.25, -0.2) is 9.88 Å². The van der Waals surface area contributed by atoms with Crippen molar-refractivity contribution >= 4 is 69.9 Å². The number of rotatable bonds is 6. The lowest BCUT2D eigenvalue weighted by Gasteiger charge is -2.50. The molecule has 4 aliphatic rings. The maximum atomic E-state index is 15.3. The number of allylic oxidation sites excluding steroid dienone is 2. The van der Waals surface area contributed by atoms with Crippen molar-refractivity contribution in [2.45, 2.75) is 37.3 Å². The number of pyridine rings is 1. The fraction of sp³-hybridized carbons (Fsp3) is 0.275. The number of nitrogens with zero attached hydrogens (tertiary/aromatic N) is 3. The van der Waals surface area contributed by atoms with Crippen LogP contribution in [0.4, 0.5) is 24.7 Å². The summed E-state index contributed by atoms with van der Waals surface area (Å²) in [5.74, 6) is -7.63. The molecule has 288 valence electrons. The molecule has 16 heteroatoms. The van der Waals surface area contributed by atoms with Crippen LogP contribution in [0.15, 0.2) is 84.6 Å². The SMILES string of the molecule is COc1cc([C@H]2C3=CC[C@@H]4C(=O)N(c5ccc(C)c(Cl)c5)C(=O)[C@@H]4[C@@H]3C[C@H]3C(=O)N(Nc4ncc(C(F)(F)F)cc4Cl)C(=O)[C@@]23c2ccc(Cl)cc2)ccc1O. The number of phenols is 1. The number of hydrogen-bond donors (Lipinski definition) is 2. The number of benzene rings is 3. The molecule has 8 rings (SSSR count). The van der Waals surface area contributed by atoms with Crippen molar-refractivity contribution < 1.29 is 42.2 Å². The third kappa shape index (κ3) is 5.65. The van der Waals surface area contributed by atoms with Crippen molar-refractivity contribution in [2.24, 2.45) is 23.7 Å². The molecule has 4 aromatic rings. The summed E-state index contributed by atoms with van der Waals surface area (Å²) in [4.78, 5) is 63.8. The van der Waals surface area contributed by atoms with Crippen molar-refractivity contribution in [2.75, 3.05) is 17.4 Å². The standard InChI is InChI=1S/C40H30Cl3F3N4O6/c1-18-3-9-23(15-28(18)42)49-35(52)25-11-10-24-26(32(25)37(49)54)16-27-36(53)50(48-34-29(43)14-21(17-47-34)40(44,45)46)38(55)39(27,20-5-7-22(41)8-6-20)33(24)19-4-12-30(51)31(13-19)56-2/h3-10,12-15,17,25-27,32-33,51H,11,16H2,1-2H3,(H,47,48)/t25-,26+,27-,32-,33-,39+/m0/s1. The number of anilines is 2. The zero-order valence-electron chi connectivity index (χ0n) is 29.4. The second-order valence-corrected chi connectivity index (χ2v) is 15.5. The molecule has 0 radical (unpaired) electrons. The summed E-state index contributed by atoms with van der Waals surface area (Å²) in [6.45, 7) is 1.79. The average molecular weight is 826 g/mol. The molecular formula is C40H30Cl3F3N4O6. The zero-order valence-corrected chi connectivity index (χ0v) is 31.7. The maximum absolute atomic E-state index is 15.3. The molecule has 6 atom stereocenters. The summed E-state index contributed by atoms with van der Waals surface area (Å²) in [5.41, 5.74) is 2.21. The van der Waals surface area contributed by atoms with Crippen molar-refractivity contribution in [3.8, 4) is 11.5 Å². The normalized spacial score (nSPS) is 25.9. The molecule has 3 heterocycles. The molecule has 1 aromatic heterocycles. The summed E-state index contributed by atoms with van der Waals surface area (Å²) < 4.78 is 46.0. The minimum atomic E-state index is -4.76. The summed E-state index contributed by atoms with van der Waals surface area (Å²) >= 11 is 19.0. The molecule has 1 saturated carbocycles. The van der Waals surface area contributed by atoms with E-state index in [-0.39, 0.29) is 30.2 Å². The summed E-state index contributed by atoms with van der Waals surface area (Å²) in [7, 11) is 1.36. The second kappa shape index (κ2) is 13.5. The molecule has 2 N–H and O–H groups in total. The number of alkyl halides is 3. The Labute approximate surface area is 332 Å². The number of ether oxygens (including phenoxy) is 1. The van der Waals surface area contributed by atoms with Gasteiger partial charge in [-0.2, -0.15) is 18.2 Å². The van der Waals surface area contributed by atoms with Gasteiger partial charge in [0.2, 0.25) is 11.8 Å². The van der Waals surface area contributed by atoms with Gasteiger partial charge < -0.3 is 9.84 Å². The first-order valence-electron chi connectivity index (χ1n) is 17.4. The predicted molar refractivity (Wildman–Crippen MR) is 200 cm³/mol. The van der Waals surface area contributed by atoms with Gasteiger partial charge >= 0.3 is 6.18 Å². The lowest BCUT2D eigenvalue weighted by Crippen LogP contribution is -2.53. The van der Waals surface area contributed by atoms with Crippen LogP contribution < -0.4 is 15.1 Å². The Bertz CT molecular complexity index is 2390. The number of fused-ring (bicyclic) bond motifs is 4. The quantitative estimate of drug-likeness (QED) is 0.147. The highest BCUT2D eigenvalue weighted by atomic mass is 35.5. The third-order valence-electron chi connectivity index (χ3n) is 11.5. The van der Waals surface area contributed by atoms with E-state index >= 15 is 4.79 Å². The van der Waals surface area contributed by atoms with Crippen molar-refractivity contribution in [1.82, 2.24) is 9.99 Å². The molecule has 2 aliphatic heterocycles. The Balaban J connectivity index is 1.31. The number of amides is 4. The Kier molecular flexibility index (Phi) is 9.13. The van der Waals surface area contributed by atoms with Crippen molar-refractivity contribution in [3.05, 3.63) is 122 Å². The van der Waals surface area contributed by atoms with Crippen LogP contribution in [0, 0.1) is 30.6 Å². The molecule has 4 amide bonds.